The van der Waals surface area contributed by atoms with E-state index < -0.39 is 7.60 Å². The molecule has 18 heavy (non-hydrogen) atoms. The van der Waals surface area contributed by atoms with Gasteiger partial charge < -0.3 is 9.42 Å². The van der Waals surface area contributed by atoms with Gasteiger partial charge in [-0.25, -0.2) is 4.57 Å². The summed E-state index contributed by atoms with van der Waals surface area (Å²) in [6.07, 6.45) is 2.90. The van der Waals surface area contributed by atoms with E-state index in [4.69, 9.17) is 4.52 Å². The molecule has 2 aromatic carbocycles. The lowest BCUT2D eigenvalue weighted by Crippen LogP contribution is -2.03. The van der Waals surface area contributed by atoms with Gasteiger partial charge in [-0.1, -0.05) is 48.5 Å². The van der Waals surface area contributed by atoms with Crippen LogP contribution in [0.2, 0.25) is 0 Å². The summed E-state index contributed by atoms with van der Waals surface area (Å²) in [6, 6.07) is 17.7. The first-order valence-corrected chi connectivity index (χ1v) is 7.05. The molecule has 0 aliphatic rings. The molecular weight excluding hydrogens is 247 g/mol. The molecule has 0 saturated carbocycles. The largest absolute Gasteiger partial charge is 0.429 e. The van der Waals surface area contributed by atoms with Gasteiger partial charge in [0, 0.05) is 0 Å². The minimum atomic E-state index is -3.77. The molecule has 0 saturated heterocycles. The van der Waals surface area contributed by atoms with Gasteiger partial charge in [-0.05, 0) is 23.8 Å². The van der Waals surface area contributed by atoms with Crippen LogP contribution in [0, 0.1) is 0 Å². The van der Waals surface area contributed by atoms with E-state index in [1.807, 2.05) is 30.3 Å². The van der Waals surface area contributed by atoms with Crippen LogP contribution in [0.25, 0.3) is 6.08 Å². The third-order valence-corrected chi connectivity index (χ3v) is 3.70. The lowest BCUT2D eigenvalue weighted by Gasteiger charge is -2.09. The molecule has 2 rings (SSSR count). The van der Waals surface area contributed by atoms with Crippen molar-refractivity contribution in [3.63, 3.8) is 0 Å². The van der Waals surface area contributed by atoms with E-state index in [0.717, 1.165) is 5.56 Å². The third kappa shape index (κ3) is 3.33. The number of hydrogen-bond acceptors (Lipinski definition) is 2. The minimum Gasteiger partial charge on any atom is -0.429 e. The predicted molar refractivity (Wildman–Crippen MR) is 72.5 cm³/mol. The Bertz CT molecular complexity index is 564. The van der Waals surface area contributed by atoms with E-state index in [1.165, 1.54) is 6.26 Å². The van der Waals surface area contributed by atoms with Gasteiger partial charge in [0.15, 0.2) is 0 Å². The van der Waals surface area contributed by atoms with Crippen molar-refractivity contribution < 1.29 is 14.0 Å². The van der Waals surface area contributed by atoms with E-state index in [2.05, 4.69) is 0 Å². The summed E-state index contributed by atoms with van der Waals surface area (Å²) in [4.78, 5) is 9.75. The summed E-state index contributed by atoms with van der Waals surface area (Å²) in [6.45, 7) is 0. The standard InChI is InChI=1S/C14H13O3P/c15-18(16,14-9-5-2-6-10-14)17-12-11-13-7-3-1-4-8-13/h1-12H,(H,15,16). The molecule has 0 radical (unpaired) electrons. The second-order valence-electron chi connectivity index (χ2n) is 3.67. The molecule has 0 heterocycles. The Labute approximate surface area is 106 Å². The van der Waals surface area contributed by atoms with Gasteiger partial charge in [-0.2, -0.15) is 0 Å². The van der Waals surface area contributed by atoms with Crippen molar-refractivity contribution in [2.45, 2.75) is 0 Å². The lowest BCUT2D eigenvalue weighted by atomic mass is 10.2. The highest BCUT2D eigenvalue weighted by Gasteiger charge is 2.21. The maximum Gasteiger partial charge on any atom is 0.407 e. The van der Waals surface area contributed by atoms with Crippen LogP contribution in [0.15, 0.2) is 66.9 Å². The zero-order valence-corrected chi connectivity index (χ0v) is 10.5. The molecule has 4 heteroatoms. The van der Waals surface area contributed by atoms with Gasteiger partial charge >= 0.3 is 7.60 Å². The molecule has 0 aliphatic carbocycles. The molecule has 2 aromatic rings. The molecule has 0 fully saturated rings. The molecule has 92 valence electrons. The molecule has 0 aromatic heterocycles. The maximum absolute atomic E-state index is 11.9. The van der Waals surface area contributed by atoms with Crippen molar-refractivity contribution in [3.05, 3.63) is 72.5 Å². The topological polar surface area (TPSA) is 46.5 Å². The van der Waals surface area contributed by atoms with Crippen LogP contribution in [0.5, 0.6) is 0 Å². The number of benzene rings is 2. The lowest BCUT2D eigenvalue weighted by molar-refractivity contribution is 0.363. The molecule has 0 amide bonds. The van der Waals surface area contributed by atoms with E-state index in [1.54, 1.807) is 36.4 Å². The third-order valence-electron chi connectivity index (χ3n) is 2.35. The van der Waals surface area contributed by atoms with Crippen molar-refractivity contribution in [2.24, 2.45) is 0 Å². The average Bonchev–Trinajstić information content (AvgIpc) is 2.41. The van der Waals surface area contributed by atoms with Crippen LogP contribution in [0.1, 0.15) is 5.56 Å². The Morgan fingerprint density at radius 3 is 2.11 bits per heavy atom. The fourth-order valence-corrected chi connectivity index (χ4v) is 2.33. The average molecular weight is 260 g/mol. The minimum absolute atomic E-state index is 0.280. The van der Waals surface area contributed by atoms with E-state index in [0.29, 0.717) is 0 Å². The SMILES string of the molecule is O=P(O)(OC=Cc1ccccc1)c1ccccc1. The van der Waals surface area contributed by atoms with Crippen LogP contribution in [0.3, 0.4) is 0 Å². The first kappa shape index (κ1) is 12.6. The fraction of sp³-hybridized carbons (Fsp3) is 0. The molecule has 1 atom stereocenters. The molecule has 0 aliphatic heterocycles. The van der Waals surface area contributed by atoms with Crippen LogP contribution >= 0.6 is 7.60 Å². The zero-order valence-electron chi connectivity index (χ0n) is 9.64. The molecule has 1 N–H and O–H groups in total. The van der Waals surface area contributed by atoms with Crippen molar-refractivity contribution in [1.29, 1.82) is 0 Å². The zero-order chi connectivity index (χ0) is 12.8. The van der Waals surface area contributed by atoms with E-state index in [-0.39, 0.29) is 5.30 Å². The summed E-state index contributed by atoms with van der Waals surface area (Å²) in [5.74, 6) is 0. The molecule has 1 unspecified atom stereocenters. The highest BCUT2D eigenvalue weighted by molar-refractivity contribution is 7.61. The van der Waals surface area contributed by atoms with Gasteiger partial charge in [0.1, 0.15) is 0 Å². The fourth-order valence-electron chi connectivity index (χ4n) is 1.43. The molecule has 3 nitrogen and oxygen atoms in total. The number of hydrogen-bond donors (Lipinski definition) is 1. The van der Waals surface area contributed by atoms with E-state index >= 15 is 0 Å². The van der Waals surface area contributed by atoms with Gasteiger partial charge in [-0.15, -0.1) is 0 Å². The molecule has 0 bridgehead atoms. The maximum atomic E-state index is 11.9. The Kier molecular flexibility index (Phi) is 3.98. The summed E-state index contributed by atoms with van der Waals surface area (Å²) < 4.78 is 16.8. The summed E-state index contributed by atoms with van der Waals surface area (Å²) in [7, 11) is -3.77. The number of rotatable bonds is 4. The quantitative estimate of drug-likeness (QED) is 0.678. The first-order chi connectivity index (χ1) is 8.68. The van der Waals surface area contributed by atoms with Crippen LogP contribution < -0.4 is 5.30 Å². The van der Waals surface area contributed by atoms with Crippen LogP contribution in [-0.4, -0.2) is 4.89 Å². The molecule has 0 spiro atoms. The van der Waals surface area contributed by atoms with Crippen LogP contribution in [0.4, 0.5) is 0 Å². The molecular formula is C14H13O3P. The normalized spacial score (nSPS) is 14.3. The van der Waals surface area contributed by atoms with Crippen molar-refractivity contribution >= 4 is 19.0 Å². The smallest absolute Gasteiger partial charge is 0.407 e. The monoisotopic (exact) mass is 260 g/mol. The van der Waals surface area contributed by atoms with Crippen molar-refractivity contribution in [3.8, 4) is 0 Å². The van der Waals surface area contributed by atoms with Gasteiger partial charge in [0.2, 0.25) is 0 Å². The predicted octanol–water partition coefficient (Wildman–Crippen LogP) is 3.18. The van der Waals surface area contributed by atoms with Gasteiger partial charge in [0.05, 0.1) is 11.6 Å². The van der Waals surface area contributed by atoms with Gasteiger partial charge in [0.25, 0.3) is 0 Å². The highest BCUT2D eigenvalue weighted by atomic mass is 31.2. The van der Waals surface area contributed by atoms with E-state index in [9.17, 15) is 9.46 Å². The Hall–Kier alpha value is -1.83. The second kappa shape index (κ2) is 5.67. The van der Waals surface area contributed by atoms with Crippen molar-refractivity contribution in [1.82, 2.24) is 0 Å². The Morgan fingerprint density at radius 2 is 1.50 bits per heavy atom. The Morgan fingerprint density at radius 1 is 0.944 bits per heavy atom. The first-order valence-electron chi connectivity index (χ1n) is 5.47. The summed E-state index contributed by atoms with van der Waals surface area (Å²) >= 11 is 0. The Balaban J connectivity index is 2.06. The summed E-state index contributed by atoms with van der Waals surface area (Å²) in [5, 5.41) is 0.280. The van der Waals surface area contributed by atoms with Gasteiger partial charge in [-0.3, -0.25) is 0 Å². The van der Waals surface area contributed by atoms with Crippen LogP contribution in [-0.2, 0) is 9.09 Å². The second-order valence-corrected chi connectivity index (χ2v) is 5.44. The summed E-state index contributed by atoms with van der Waals surface area (Å²) in [5.41, 5.74) is 0.908. The van der Waals surface area contributed by atoms with Crippen molar-refractivity contribution in [2.75, 3.05) is 0 Å². The highest BCUT2D eigenvalue weighted by Crippen LogP contribution is 2.40.